The van der Waals surface area contributed by atoms with Crippen LogP contribution in [0.1, 0.15) is 34.6 Å². The Labute approximate surface area is 128 Å². The third-order valence-corrected chi connectivity index (χ3v) is 4.23. The Kier molecular flexibility index (Phi) is 4.09. The van der Waals surface area contributed by atoms with Gasteiger partial charge in [-0.1, -0.05) is 6.07 Å². The minimum absolute atomic E-state index is 0.0938. The summed E-state index contributed by atoms with van der Waals surface area (Å²) in [6.07, 6.45) is 4.82. The molecule has 0 aliphatic carbocycles. The Bertz CT molecular complexity index is 719. The van der Waals surface area contributed by atoms with Crippen molar-refractivity contribution in [3.63, 3.8) is 0 Å². The molecule has 0 saturated carbocycles. The molecule has 2 aromatic heterocycles. The molecule has 1 aliphatic rings. The van der Waals surface area contributed by atoms with Crippen molar-refractivity contribution in [1.82, 2.24) is 20.1 Å². The molecule has 116 valence electrons. The first-order valence-electron chi connectivity index (χ1n) is 7.61. The minimum atomic E-state index is -0.243. The van der Waals surface area contributed by atoms with E-state index in [1.807, 2.05) is 18.0 Å². The molecule has 6 heteroatoms. The first-order valence-corrected chi connectivity index (χ1v) is 7.61. The molecule has 0 bridgehead atoms. The third kappa shape index (κ3) is 3.10. The summed E-state index contributed by atoms with van der Waals surface area (Å²) in [6.45, 7) is 3.50. The quantitative estimate of drug-likeness (QED) is 0.901. The lowest BCUT2D eigenvalue weighted by Gasteiger charge is -2.32. The van der Waals surface area contributed by atoms with Crippen LogP contribution < -0.4 is 5.56 Å². The lowest BCUT2D eigenvalue weighted by Crippen LogP contribution is -2.41. The van der Waals surface area contributed by atoms with Gasteiger partial charge in [-0.05, 0) is 43.7 Å². The monoisotopic (exact) mass is 300 g/mol. The molecule has 1 amide bonds. The van der Waals surface area contributed by atoms with Gasteiger partial charge in [-0.15, -0.1) is 0 Å². The van der Waals surface area contributed by atoms with E-state index in [0.29, 0.717) is 18.2 Å². The van der Waals surface area contributed by atoms with Crippen molar-refractivity contribution in [3.8, 4) is 0 Å². The topological polar surface area (TPSA) is 81.8 Å². The number of pyridine rings is 1. The Morgan fingerprint density at radius 2 is 2.32 bits per heavy atom. The summed E-state index contributed by atoms with van der Waals surface area (Å²) in [5, 5.41) is 7.09. The van der Waals surface area contributed by atoms with Crippen LogP contribution in [-0.2, 0) is 6.42 Å². The predicted molar refractivity (Wildman–Crippen MR) is 82.7 cm³/mol. The van der Waals surface area contributed by atoms with Crippen molar-refractivity contribution in [3.05, 3.63) is 51.7 Å². The van der Waals surface area contributed by atoms with E-state index in [9.17, 15) is 9.59 Å². The number of hydrogen-bond donors (Lipinski definition) is 2. The van der Waals surface area contributed by atoms with Gasteiger partial charge in [0.1, 0.15) is 5.69 Å². The van der Waals surface area contributed by atoms with E-state index in [-0.39, 0.29) is 11.5 Å². The highest BCUT2D eigenvalue weighted by Crippen LogP contribution is 2.22. The molecule has 2 N–H and O–H groups in total. The van der Waals surface area contributed by atoms with E-state index in [1.165, 1.54) is 6.07 Å². The summed E-state index contributed by atoms with van der Waals surface area (Å²) in [6, 6.07) is 4.69. The van der Waals surface area contributed by atoms with Crippen LogP contribution >= 0.6 is 0 Å². The number of nitrogens with one attached hydrogen (secondary N) is 2. The maximum Gasteiger partial charge on any atom is 0.270 e. The van der Waals surface area contributed by atoms with Crippen molar-refractivity contribution in [2.45, 2.75) is 26.2 Å². The fourth-order valence-electron chi connectivity index (χ4n) is 3.03. The second-order valence-corrected chi connectivity index (χ2v) is 5.92. The van der Waals surface area contributed by atoms with E-state index >= 15 is 0 Å². The van der Waals surface area contributed by atoms with Gasteiger partial charge in [0.15, 0.2) is 0 Å². The van der Waals surface area contributed by atoms with Crippen LogP contribution in [0.25, 0.3) is 0 Å². The van der Waals surface area contributed by atoms with Crippen LogP contribution in [0.3, 0.4) is 0 Å². The molecule has 1 unspecified atom stereocenters. The van der Waals surface area contributed by atoms with Gasteiger partial charge in [-0.25, -0.2) is 0 Å². The molecular formula is C16H20N4O2. The van der Waals surface area contributed by atoms with E-state index in [2.05, 4.69) is 15.2 Å². The number of carbonyl (C=O) groups is 1. The molecule has 22 heavy (non-hydrogen) atoms. The zero-order valence-corrected chi connectivity index (χ0v) is 12.6. The lowest BCUT2D eigenvalue weighted by molar-refractivity contribution is 0.0666. The number of aromatic nitrogens is 3. The van der Waals surface area contributed by atoms with Crippen LogP contribution in [0.5, 0.6) is 0 Å². The maximum atomic E-state index is 12.5. The van der Waals surface area contributed by atoms with Crippen LogP contribution in [0.2, 0.25) is 0 Å². The second kappa shape index (κ2) is 6.17. The Morgan fingerprint density at radius 3 is 3.05 bits per heavy atom. The predicted octanol–water partition coefficient (Wildman–Crippen LogP) is 1.50. The molecule has 0 spiro atoms. The number of nitrogens with zero attached hydrogens (tertiary/aromatic N) is 2. The molecule has 2 aromatic rings. The molecule has 0 radical (unpaired) electrons. The van der Waals surface area contributed by atoms with E-state index in [1.54, 1.807) is 12.1 Å². The summed E-state index contributed by atoms with van der Waals surface area (Å²) in [7, 11) is 0. The van der Waals surface area contributed by atoms with E-state index < -0.39 is 0 Å². The Morgan fingerprint density at radius 1 is 1.45 bits per heavy atom. The van der Waals surface area contributed by atoms with Crippen molar-refractivity contribution in [2.75, 3.05) is 13.1 Å². The smallest absolute Gasteiger partial charge is 0.270 e. The molecule has 6 nitrogen and oxygen atoms in total. The van der Waals surface area contributed by atoms with Crippen molar-refractivity contribution >= 4 is 5.91 Å². The van der Waals surface area contributed by atoms with Crippen LogP contribution in [0, 0.1) is 12.8 Å². The number of H-pyrrole nitrogens is 2. The van der Waals surface area contributed by atoms with Crippen molar-refractivity contribution in [2.24, 2.45) is 5.92 Å². The molecule has 3 heterocycles. The van der Waals surface area contributed by atoms with Gasteiger partial charge in [0.25, 0.3) is 5.91 Å². The average Bonchev–Trinajstić information content (AvgIpc) is 2.92. The highest BCUT2D eigenvalue weighted by Gasteiger charge is 2.25. The molecule has 0 aromatic carbocycles. The van der Waals surface area contributed by atoms with Gasteiger partial charge in [-0.2, -0.15) is 5.10 Å². The van der Waals surface area contributed by atoms with Crippen LogP contribution in [0.4, 0.5) is 0 Å². The van der Waals surface area contributed by atoms with E-state index in [0.717, 1.165) is 37.1 Å². The minimum Gasteiger partial charge on any atom is -0.337 e. The Hall–Kier alpha value is -2.37. The number of carbonyl (C=O) groups excluding carboxylic acids is 1. The van der Waals surface area contributed by atoms with Gasteiger partial charge in [0.2, 0.25) is 5.56 Å². The fourth-order valence-corrected chi connectivity index (χ4v) is 3.03. The Balaban J connectivity index is 1.69. The van der Waals surface area contributed by atoms with Crippen molar-refractivity contribution in [1.29, 1.82) is 0 Å². The number of rotatable bonds is 3. The van der Waals surface area contributed by atoms with Crippen LogP contribution in [0.15, 0.2) is 29.2 Å². The number of piperidine rings is 1. The number of amides is 1. The largest absolute Gasteiger partial charge is 0.337 e. The van der Waals surface area contributed by atoms with Gasteiger partial charge >= 0.3 is 0 Å². The molecule has 3 rings (SSSR count). The standard InChI is InChI=1S/C16H20N4O2/c1-11-9-17-19-14(11)8-12-4-3-7-20(10-12)16(22)13-5-2-6-15(21)18-13/h2,5-6,9,12H,3-4,7-8,10H2,1H3,(H,17,19)(H,18,21). The first-order chi connectivity index (χ1) is 10.6. The summed E-state index contributed by atoms with van der Waals surface area (Å²) in [5.74, 6) is 0.330. The van der Waals surface area contributed by atoms with E-state index in [4.69, 9.17) is 0 Å². The van der Waals surface area contributed by atoms with Crippen molar-refractivity contribution < 1.29 is 4.79 Å². The summed E-state index contributed by atoms with van der Waals surface area (Å²) in [4.78, 5) is 28.3. The lowest BCUT2D eigenvalue weighted by atomic mass is 9.92. The zero-order chi connectivity index (χ0) is 15.5. The van der Waals surface area contributed by atoms with Gasteiger partial charge < -0.3 is 9.88 Å². The van der Waals surface area contributed by atoms with Gasteiger partial charge in [0.05, 0.1) is 6.20 Å². The number of aryl methyl sites for hydroxylation is 1. The molecule has 1 fully saturated rings. The van der Waals surface area contributed by atoms with Gasteiger partial charge in [0, 0.05) is 24.8 Å². The highest BCUT2D eigenvalue weighted by molar-refractivity contribution is 5.92. The normalized spacial score (nSPS) is 18.4. The van der Waals surface area contributed by atoms with Gasteiger partial charge in [-0.3, -0.25) is 14.7 Å². The molecule has 1 saturated heterocycles. The summed E-state index contributed by atoms with van der Waals surface area (Å²) < 4.78 is 0. The maximum absolute atomic E-state index is 12.5. The second-order valence-electron chi connectivity index (χ2n) is 5.92. The number of hydrogen-bond acceptors (Lipinski definition) is 3. The molecule has 1 aliphatic heterocycles. The third-order valence-electron chi connectivity index (χ3n) is 4.23. The molecular weight excluding hydrogens is 280 g/mol. The molecule has 1 atom stereocenters. The number of aromatic amines is 2. The fraction of sp³-hybridized carbons (Fsp3) is 0.438. The SMILES string of the molecule is Cc1cn[nH]c1CC1CCCN(C(=O)c2cccc(=O)[nH]2)C1. The summed E-state index contributed by atoms with van der Waals surface area (Å²) in [5.41, 5.74) is 2.43. The van der Waals surface area contributed by atoms with Crippen LogP contribution in [-0.4, -0.2) is 39.1 Å². The first kappa shape index (κ1) is 14.6. The zero-order valence-electron chi connectivity index (χ0n) is 12.6. The average molecular weight is 300 g/mol. The number of likely N-dealkylation sites (tertiary alicyclic amines) is 1. The summed E-state index contributed by atoms with van der Waals surface area (Å²) >= 11 is 0. The highest BCUT2D eigenvalue weighted by atomic mass is 16.2.